The van der Waals surface area contributed by atoms with E-state index in [1.54, 1.807) is 4.90 Å². The average Bonchev–Trinajstić information content (AvgIpc) is 2.72. The monoisotopic (exact) mass is 457 g/mol. The van der Waals surface area contributed by atoms with Gasteiger partial charge in [0.1, 0.15) is 5.75 Å². The predicted octanol–water partition coefficient (Wildman–Crippen LogP) is 2.66. The number of benzene rings is 2. The zero-order chi connectivity index (χ0) is 22.6. The molecule has 0 bridgehead atoms. The molecular formula is C20H22F3N3O4S. The lowest BCUT2D eigenvalue weighted by Gasteiger charge is -2.32. The van der Waals surface area contributed by atoms with Crippen LogP contribution in [-0.2, 0) is 21.0 Å². The molecular weight excluding hydrogens is 435 g/mol. The number of hydrogen-bond donors (Lipinski definition) is 1. The van der Waals surface area contributed by atoms with Crippen LogP contribution in [0, 0.1) is 0 Å². The molecule has 2 aromatic carbocycles. The summed E-state index contributed by atoms with van der Waals surface area (Å²) in [5, 5.41) is 0. The van der Waals surface area contributed by atoms with Gasteiger partial charge in [0.2, 0.25) is 0 Å². The number of nitrogens with zero attached hydrogens (tertiary/aromatic N) is 2. The topological polar surface area (TPSA) is 79.0 Å². The first-order valence-electron chi connectivity index (χ1n) is 9.44. The molecule has 0 atom stereocenters. The minimum absolute atomic E-state index is 0.150. The van der Waals surface area contributed by atoms with Crippen molar-refractivity contribution in [3.63, 3.8) is 0 Å². The van der Waals surface area contributed by atoms with Crippen molar-refractivity contribution < 1.29 is 31.1 Å². The van der Waals surface area contributed by atoms with Gasteiger partial charge < -0.3 is 14.5 Å². The summed E-state index contributed by atoms with van der Waals surface area (Å²) in [7, 11) is -2.12. The largest absolute Gasteiger partial charge is 0.484 e. The number of nitrogens with one attached hydrogen (secondary N) is 1. The molecule has 0 saturated carbocycles. The Morgan fingerprint density at radius 2 is 1.71 bits per heavy atom. The maximum Gasteiger partial charge on any atom is 0.416 e. The van der Waals surface area contributed by atoms with E-state index in [9.17, 15) is 26.4 Å². The number of likely N-dealkylation sites (N-methyl/N-ethyl adjacent to an activating group) is 1. The van der Waals surface area contributed by atoms with Crippen LogP contribution in [0.5, 0.6) is 5.75 Å². The maximum atomic E-state index is 12.8. The third kappa shape index (κ3) is 6.11. The van der Waals surface area contributed by atoms with E-state index < -0.39 is 21.8 Å². The fourth-order valence-electron chi connectivity index (χ4n) is 2.98. The number of carbonyl (C=O) groups excluding carboxylic acids is 1. The lowest BCUT2D eigenvalue weighted by Crippen LogP contribution is -2.48. The summed E-state index contributed by atoms with van der Waals surface area (Å²) in [5.41, 5.74) is -1.16. The summed E-state index contributed by atoms with van der Waals surface area (Å²) in [4.78, 5) is 15.9. The van der Waals surface area contributed by atoms with Crippen molar-refractivity contribution >= 4 is 21.6 Å². The number of halogens is 3. The molecule has 1 N–H and O–H groups in total. The van der Waals surface area contributed by atoms with E-state index in [0.717, 1.165) is 31.3 Å². The van der Waals surface area contributed by atoms with Crippen LogP contribution in [0.2, 0.25) is 0 Å². The summed E-state index contributed by atoms with van der Waals surface area (Å²) in [6.07, 6.45) is -4.58. The van der Waals surface area contributed by atoms with Crippen LogP contribution in [0.15, 0.2) is 53.4 Å². The number of carbonyl (C=O) groups is 1. The molecule has 1 aliphatic heterocycles. The highest BCUT2D eigenvalue weighted by Gasteiger charge is 2.30. The summed E-state index contributed by atoms with van der Waals surface area (Å²) < 4.78 is 71.0. The Morgan fingerprint density at radius 3 is 2.32 bits per heavy atom. The molecule has 11 heteroatoms. The number of rotatable bonds is 6. The van der Waals surface area contributed by atoms with Crippen LogP contribution in [0.1, 0.15) is 5.56 Å². The van der Waals surface area contributed by atoms with E-state index in [4.69, 9.17) is 4.74 Å². The number of anilines is 1. The Balaban J connectivity index is 1.60. The van der Waals surface area contributed by atoms with E-state index >= 15 is 0 Å². The third-order valence-corrected chi connectivity index (χ3v) is 6.19. The van der Waals surface area contributed by atoms with Crippen molar-refractivity contribution in [1.29, 1.82) is 0 Å². The van der Waals surface area contributed by atoms with Gasteiger partial charge in [0, 0.05) is 31.9 Å². The Labute approximate surface area is 178 Å². The molecule has 0 unspecified atom stereocenters. The second-order valence-electron chi connectivity index (χ2n) is 7.13. The quantitative estimate of drug-likeness (QED) is 0.722. The molecule has 2 aromatic rings. The van der Waals surface area contributed by atoms with Crippen LogP contribution in [0.4, 0.5) is 18.9 Å². The van der Waals surface area contributed by atoms with Crippen LogP contribution < -0.4 is 9.46 Å². The van der Waals surface area contributed by atoms with Gasteiger partial charge in [0.25, 0.3) is 15.9 Å². The number of piperazine rings is 1. The van der Waals surface area contributed by atoms with Crippen LogP contribution in [0.3, 0.4) is 0 Å². The van der Waals surface area contributed by atoms with Crippen molar-refractivity contribution in [3.05, 3.63) is 54.1 Å². The van der Waals surface area contributed by atoms with Crippen molar-refractivity contribution in [2.45, 2.75) is 11.1 Å². The minimum atomic E-state index is -4.58. The second kappa shape index (κ2) is 9.15. The van der Waals surface area contributed by atoms with E-state index in [-0.39, 0.29) is 23.1 Å². The van der Waals surface area contributed by atoms with E-state index in [1.807, 2.05) is 7.05 Å². The number of alkyl halides is 3. The molecule has 168 valence electrons. The molecule has 1 saturated heterocycles. The first-order chi connectivity index (χ1) is 14.5. The van der Waals surface area contributed by atoms with Crippen LogP contribution in [-0.4, -0.2) is 64.0 Å². The van der Waals surface area contributed by atoms with Gasteiger partial charge in [-0.15, -0.1) is 0 Å². The van der Waals surface area contributed by atoms with Gasteiger partial charge in [-0.2, -0.15) is 13.2 Å². The van der Waals surface area contributed by atoms with E-state index in [0.29, 0.717) is 18.8 Å². The van der Waals surface area contributed by atoms with Gasteiger partial charge in [0.15, 0.2) is 6.61 Å². The summed E-state index contributed by atoms with van der Waals surface area (Å²) in [6, 6.07) is 9.21. The van der Waals surface area contributed by atoms with Crippen LogP contribution in [0.25, 0.3) is 0 Å². The fraction of sp³-hybridized carbons (Fsp3) is 0.350. The van der Waals surface area contributed by atoms with E-state index in [2.05, 4.69) is 9.62 Å². The van der Waals surface area contributed by atoms with Gasteiger partial charge in [-0.05, 0) is 49.5 Å². The smallest absolute Gasteiger partial charge is 0.416 e. The predicted molar refractivity (Wildman–Crippen MR) is 108 cm³/mol. The molecule has 0 aliphatic carbocycles. The highest BCUT2D eigenvalue weighted by Crippen LogP contribution is 2.31. The molecule has 3 rings (SSSR count). The van der Waals surface area contributed by atoms with Crippen LogP contribution >= 0.6 is 0 Å². The zero-order valence-corrected chi connectivity index (χ0v) is 17.5. The molecule has 1 heterocycles. The minimum Gasteiger partial charge on any atom is -0.484 e. The number of sulfonamides is 1. The molecule has 7 nitrogen and oxygen atoms in total. The van der Waals surface area contributed by atoms with Crippen molar-refractivity contribution in [2.75, 3.05) is 44.6 Å². The standard InChI is InChI=1S/C20H22F3N3O4S/c1-25-9-11-26(12-10-25)19(27)14-30-17-5-7-18(8-6-17)31(28,29)24-16-4-2-3-15(13-16)20(21,22)23/h2-8,13,24H,9-12,14H2,1H3. The van der Waals surface area contributed by atoms with E-state index in [1.165, 1.54) is 30.3 Å². The number of hydrogen-bond acceptors (Lipinski definition) is 5. The number of ether oxygens (including phenoxy) is 1. The normalized spacial score (nSPS) is 15.5. The molecule has 1 amide bonds. The third-order valence-electron chi connectivity index (χ3n) is 4.79. The zero-order valence-electron chi connectivity index (χ0n) is 16.7. The highest BCUT2D eigenvalue weighted by atomic mass is 32.2. The van der Waals surface area contributed by atoms with Gasteiger partial charge in [-0.25, -0.2) is 8.42 Å². The molecule has 0 radical (unpaired) electrons. The van der Waals surface area contributed by atoms with Gasteiger partial charge in [-0.1, -0.05) is 6.07 Å². The van der Waals surface area contributed by atoms with Gasteiger partial charge >= 0.3 is 6.18 Å². The fourth-order valence-corrected chi connectivity index (χ4v) is 4.03. The number of amides is 1. The van der Waals surface area contributed by atoms with Crippen molar-refractivity contribution in [3.8, 4) is 5.75 Å². The Hall–Kier alpha value is -2.79. The molecule has 0 spiro atoms. The Kier molecular flexibility index (Phi) is 6.75. The summed E-state index contributed by atoms with van der Waals surface area (Å²) in [6.45, 7) is 2.65. The summed E-state index contributed by atoms with van der Waals surface area (Å²) >= 11 is 0. The van der Waals surface area contributed by atoms with Gasteiger partial charge in [-0.3, -0.25) is 9.52 Å². The van der Waals surface area contributed by atoms with Crippen molar-refractivity contribution in [1.82, 2.24) is 9.80 Å². The van der Waals surface area contributed by atoms with Crippen molar-refractivity contribution in [2.24, 2.45) is 0 Å². The Morgan fingerprint density at radius 1 is 1.06 bits per heavy atom. The van der Waals surface area contributed by atoms with Gasteiger partial charge in [0.05, 0.1) is 10.5 Å². The first kappa shape index (κ1) is 22.9. The SMILES string of the molecule is CN1CCN(C(=O)COc2ccc(S(=O)(=O)Nc3cccc(C(F)(F)F)c3)cc2)CC1. The second-order valence-corrected chi connectivity index (χ2v) is 8.81. The first-order valence-corrected chi connectivity index (χ1v) is 10.9. The highest BCUT2D eigenvalue weighted by molar-refractivity contribution is 7.92. The molecule has 1 aliphatic rings. The molecule has 1 fully saturated rings. The Bertz CT molecular complexity index is 1020. The summed E-state index contributed by atoms with van der Waals surface area (Å²) in [5.74, 6) is 0.150. The maximum absolute atomic E-state index is 12.8. The lowest BCUT2D eigenvalue weighted by molar-refractivity contribution is -0.137. The average molecular weight is 457 g/mol. The molecule has 31 heavy (non-hydrogen) atoms. The molecule has 0 aromatic heterocycles. The lowest BCUT2D eigenvalue weighted by atomic mass is 10.2.